The number of nitrogens with two attached hydrogens (primary N) is 1. The Morgan fingerprint density at radius 1 is 1.00 bits per heavy atom. The lowest BCUT2D eigenvalue weighted by atomic mass is 9.60. The lowest BCUT2D eigenvalue weighted by molar-refractivity contribution is 0.0613. The summed E-state index contributed by atoms with van der Waals surface area (Å²) in [6.07, 6.45) is 14.2. The van der Waals surface area contributed by atoms with Gasteiger partial charge in [-0.1, -0.05) is 26.7 Å². The molecule has 1 heterocycles. The predicted octanol–water partition coefficient (Wildman–Crippen LogP) is 4.58. The first-order valence-corrected chi connectivity index (χ1v) is 9.53. The van der Waals surface area contributed by atoms with Gasteiger partial charge < -0.3 is 10.6 Å². The van der Waals surface area contributed by atoms with Crippen LogP contribution < -0.4 is 5.73 Å². The van der Waals surface area contributed by atoms with Gasteiger partial charge in [0.15, 0.2) is 0 Å². The van der Waals surface area contributed by atoms with Crippen molar-refractivity contribution < 1.29 is 0 Å². The summed E-state index contributed by atoms with van der Waals surface area (Å²) in [5.41, 5.74) is 7.10. The normalized spacial score (nSPS) is 26.3. The minimum absolute atomic E-state index is 0.661. The fraction of sp³-hybridized carbons (Fsp3) is 1.00. The minimum atomic E-state index is 0.661. The molecule has 2 heteroatoms. The Bertz CT molecular complexity index is 297. The van der Waals surface area contributed by atoms with Crippen LogP contribution in [0.3, 0.4) is 0 Å². The van der Waals surface area contributed by atoms with Gasteiger partial charge in [0.25, 0.3) is 0 Å². The fourth-order valence-electron chi connectivity index (χ4n) is 5.17. The molecule has 21 heavy (non-hydrogen) atoms. The molecule has 1 atom stereocenters. The minimum Gasteiger partial charge on any atom is -0.330 e. The highest BCUT2D eigenvalue weighted by molar-refractivity contribution is 4.98. The molecule has 1 aliphatic heterocycles. The van der Waals surface area contributed by atoms with Gasteiger partial charge in [-0.05, 0) is 82.2 Å². The van der Waals surface area contributed by atoms with Gasteiger partial charge in [-0.25, -0.2) is 0 Å². The summed E-state index contributed by atoms with van der Waals surface area (Å²) < 4.78 is 0. The van der Waals surface area contributed by atoms with E-state index in [1.54, 1.807) is 0 Å². The Kier molecular flexibility index (Phi) is 6.14. The molecule has 0 aromatic carbocycles. The zero-order valence-corrected chi connectivity index (χ0v) is 14.8. The molecule has 1 saturated heterocycles. The van der Waals surface area contributed by atoms with E-state index >= 15 is 0 Å². The summed E-state index contributed by atoms with van der Waals surface area (Å²) in [4.78, 5) is 2.72. The fourth-order valence-corrected chi connectivity index (χ4v) is 5.17. The molecule has 1 unspecified atom stereocenters. The summed E-state index contributed by atoms with van der Waals surface area (Å²) in [5, 5.41) is 0. The SMILES string of the molecule is CCCC1(CCC)CCC2(CCN(C(C)CCN)C2)CC1. The van der Waals surface area contributed by atoms with Crippen molar-refractivity contribution in [2.45, 2.75) is 91.0 Å². The summed E-state index contributed by atoms with van der Waals surface area (Å²) in [6.45, 7) is 10.6. The maximum absolute atomic E-state index is 5.74. The van der Waals surface area contributed by atoms with Crippen LogP contribution in [0.25, 0.3) is 0 Å². The van der Waals surface area contributed by atoms with Crippen molar-refractivity contribution in [3.63, 3.8) is 0 Å². The average Bonchev–Trinajstić information content (AvgIpc) is 2.88. The molecule has 1 aliphatic carbocycles. The summed E-state index contributed by atoms with van der Waals surface area (Å²) in [6, 6.07) is 0.687. The standard InChI is InChI=1S/C19H38N2/c1-4-7-18(8-5-2)9-11-19(12-10-18)13-15-21(16-19)17(3)6-14-20/h17H,4-16,20H2,1-3H3. The molecule has 2 aliphatic rings. The van der Waals surface area contributed by atoms with Gasteiger partial charge >= 0.3 is 0 Å². The molecule has 1 saturated carbocycles. The van der Waals surface area contributed by atoms with Crippen molar-refractivity contribution in [1.82, 2.24) is 4.90 Å². The van der Waals surface area contributed by atoms with Gasteiger partial charge in [0.2, 0.25) is 0 Å². The molecule has 0 radical (unpaired) electrons. The maximum Gasteiger partial charge on any atom is 0.00791 e. The van der Waals surface area contributed by atoms with Crippen LogP contribution in [-0.4, -0.2) is 30.6 Å². The van der Waals surface area contributed by atoms with E-state index in [0.717, 1.165) is 13.0 Å². The highest BCUT2D eigenvalue weighted by Gasteiger charge is 2.45. The van der Waals surface area contributed by atoms with Crippen LogP contribution in [0.5, 0.6) is 0 Å². The molecule has 2 fully saturated rings. The van der Waals surface area contributed by atoms with Crippen LogP contribution in [0.15, 0.2) is 0 Å². The Hall–Kier alpha value is -0.0800. The highest BCUT2D eigenvalue weighted by Crippen LogP contribution is 2.53. The second-order valence-electron chi connectivity index (χ2n) is 8.15. The Morgan fingerprint density at radius 3 is 2.14 bits per heavy atom. The lowest BCUT2D eigenvalue weighted by Crippen LogP contribution is -2.39. The number of rotatable bonds is 7. The second kappa shape index (κ2) is 7.46. The van der Waals surface area contributed by atoms with Crippen molar-refractivity contribution in [2.24, 2.45) is 16.6 Å². The van der Waals surface area contributed by atoms with Crippen molar-refractivity contribution >= 4 is 0 Å². The van der Waals surface area contributed by atoms with Crippen LogP contribution in [0, 0.1) is 10.8 Å². The summed E-state index contributed by atoms with van der Waals surface area (Å²) >= 11 is 0. The van der Waals surface area contributed by atoms with E-state index in [2.05, 4.69) is 25.7 Å². The smallest absolute Gasteiger partial charge is 0.00791 e. The highest BCUT2D eigenvalue weighted by atomic mass is 15.2. The van der Waals surface area contributed by atoms with Crippen LogP contribution in [0.4, 0.5) is 0 Å². The third-order valence-corrected chi connectivity index (χ3v) is 6.61. The molecule has 1 spiro atoms. The quantitative estimate of drug-likeness (QED) is 0.745. The van der Waals surface area contributed by atoms with E-state index < -0.39 is 0 Å². The van der Waals surface area contributed by atoms with Gasteiger partial charge in [-0.15, -0.1) is 0 Å². The number of hydrogen-bond acceptors (Lipinski definition) is 2. The average molecular weight is 295 g/mol. The first-order valence-electron chi connectivity index (χ1n) is 9.53. The Labute approximate surface area is 132 Å². The van der Waals surface area contributed by atoms with Gasteiger partial charge in [0.05, 0.1) is 0 Å². The van der Waals surface area contributed by atoms with E-state index in [1.807, 2.05) is 0 Å². The van der Waals surface area contributed by atoms with Gasteiger partial charge in [-0.3, -0.25) is 0 Å². The molecule has 0 bridgehead atoms. The molecule has 2 rings (SSSR count). The topological polar surface area (TPSA) is 29.3 Å². The van der Waals surface area contributed by atoms with E-state index in [1.165, 1.54) is 70.9 Å². The van der Waals surface area contributed by atoms with E-state index in [-0.39, 0.29) is 0 Å². The third kappa shape index (κ3) is 4.01. The van der Waals surface area contributed by atoms with Crippen molar-refractivity contribution in [1.29, 1.82) is 0 Å². The van der Waals surface area contributed by atoms with Crippen molar-refractivity contribution in [3.8, 4) is 0 Å². The van der Waals surface area contributed by atoms with Gasteiger partial charge in [-0.2, -0.15) is 0 Å². The molecular weight excluding hydrogens is 256 g/mol. The lowest BCUT2D eigenvalue weighted by Gasteiger charge is -2.45. The molecule has 2 nitrogen and oxygen atoms in total. The largest absolute Gasteiger partial charge is 0.330 e. The van der Waals surface area contributed by atoms with Crippen molar-refractivity contribution in [2.75, 3.05) is 19.6 Å². The van der Waals surface area contributed by atoms with Crippen molar-refractivity contribution in [3.05, 3.63) is 0 Å². The van der Waals surface area contributed by atoms with Crippen LogP contribution in [-0.2, 0) is 0 Å². The number of hydrogen-bond donors (Lipinski definition) is 1. The van der Waals surface area contributed by atoms with Crippen LogP contribution >= 0.6 is 0 Å². The Morgan fingerprint density at radius 2 is 1.62 bits per heavy atom. The van der Waals surface area contributed by atoms with Crippen LogP contribution in [0.1, 0.15) is 85.0 Å². The van der Waals surface area contributed by atoms with Crippen LogP contribution in [0.2, 0.25) is 0 Å². The molecule has 124 valence electrons. The predicted molar refractivity (Wildman–Crippen MR) is 92.5 cm³/mol. The molecule has 0 aromatic rings. The zero-order valence-electron chi connectivity index (χ0n) is 14.8. The second-order valence-corrected chi connectivity index (χ2v) is 8.15. The number of nitrogens with zero attached hydrogens (tertiary/aromatic N) is 1. The summed E-state index contributed by atoms with van der Waals surface area (Å²) in [5.74, 6) is 0. The molecular formula is C19H38N2. The first kappa shape index (κ1) is 17.3. The van der Waals surface area contributed by atoms with E-state index in [0.29, 0.717) is 16.9 Å². The molecule has 0 aromatic heterocycles. The monoisotopic (exact) mass is 294 g/mol. The molecule has 2 N–H and O–H groups in total. The molecule has 0 amide bonds. The summed E-state index contributed by atoms with van der Waals surface area (Å²) in [7, 11) is 0. The van der Waals surface area contributed by atoms with Gasteiger partial charge in [0.1, 0.15) is 0 Å². The number of likely N-dealkylation sites (tertiary alicyclic amines) is 1. The first-order chi connectivity index (χ1) is 10.1. The zero-order chi connectivity index (χ0) is 15.3. The van der Waals surface area contributed by atoms with E-state index in [9.17, 15) is 0 Å². The van der Waals surface area contributed by atoms with Gasteiger partial charge in [0, 0.05) is 12.6 Å². The van der Waals surface area contributed by atoms with E-state index in [4.69, 9.17) is 5.73 Å². The Balaban J connectivity index is 1.91. The third-order valence-electron chi connectivity index (χ3n) is 6.61. The maximum atomic E-state index is 5.74.